The fourth-order valence-electron chi connectivity index (χ4n) is 4.96. The van der Waals surface area contributed by atoms with Crippen LogP contribution in [0.1, 0.15) is 71.2 Å². The first kappa shape index (κ1) is 21.3. The zero-order chi connectivity index (χ0) is 22.1. The summed E-state index contributed by atoms with van der Waals surface area (Å²) in [5.41, 5.74) is 2.41. The lowest BCUT2D eigenvalue weighted by molar-refractivity contribution is 0.0831. The van der Waals surface area contributed by atoms with Crippen LogP contribution in [0, 0.1) is 0 Å². The highest BCUT2D eigenvalue weighted by Gasteiger charge is 2.28. The molecule has 1 saturated carbocycles. The maximum absolute atomic E-state index is 12.9. The summed E-state index contributed by atoms with van der Waals surface area (Å²) in [7, 11) is 3.64. The molecule has 2 N–H and O–H groups in total. The molecular weight excluding hydrogens is 420 g/mol. The van der Waals surface area contributed by atoms with Crippen LogP contribution in [-0.2, 0) is 0 Å². The van der Waals surface area contributed by atoms with Crippen LogP contribution in [0.5, 0.6) is 0 Å². The number of hydrogen-bond acceptors (Lipinski definition) is 7. The number of nitrogens with zero attached hydrogens (tertiary/aromatic N) is 4. The van der Waals surface area contributed by atoms with Crippen LogP contribution in [0.15, 0.2) is 24.7 Å². The first-order valence-electron chi connectivity index (χ1n) is 11.5. The number of fused-ring (bicyclic) bond motifs is 1. The summed E-state index contributed by atoms with van der Waals surface area (Å²) in [6, 6.07) is 2.07. The molecule has 168 valence electrons. The number of hydrogen-bond donors (Lipinski definition) is 2. The molecule has 2 fully saturated rings. The Morgan fingerprint density at radius 2 is 1.75 bits per heavy atom. The second-order valence-electron chi connectivity index (χ2n) is 9.08. The predicted molar refractivity (Wildman–Crippen MR) is 129 cm³/mol. The Morgan fingerprint density at radius 1 is 1.03 bits per heavy atom. The van der Waals surface area contributed by atoms with E-state index in [2.05, 4.69) is 31.7 Å². The molecule has 0 radical (unpaired) electrons. The molecule has 4 heterocycles. The maximum Gasteiger partial charge on any atom is 0.263 e. The van der Waals surface area contributed by atoms with Crippen molar-refractivity contribution >= 4 is 39.1 Å². The SMILES string of the molecule is CN(C)C(=O)c1sc2cnc(Nc3ncc(C4CCNCC4)cn3)cc2c1C1CCCC1. The van der Waals surface area contributed by atoms with Crippen LogP contribution in [0.3, 0.4) is 0 Å². The van der Waals surface area contributed by atoms with Gasteiger partial charge in [0.1, 0.15) is 5.82 Å². The van der Waals surface area contributed by atoms with Crippen LogP contribution in [0.4, 0.5) is 11.8 Å². The fraction of sp³-hybridized carbons (Fsp3) is 0.500. The van der Waals surface area contributed by atoms with E-state index in [4.69, 9.17) is 0 Å². The zero-order valence-corrected chi connectivity index (χ0v) is 19.5. The van der Waals surface area contributed by atoms with Gasteiger partial charge in [0.2, 0.25) is 5.95 Å². The number of rotatable bonds is 5. The summed E-state index contributed by atoms with van der Waals surface area (Å²) in [6.07, 6.45) is 12.7. The van der Waals surface area contributed by atoms with E-state index in [-0.39, 0.29) is 5.91 Å². The molecule has 1 aliphatic carbocycles. The molecular formula is C24H30N6OS. The molecule has 0 spiro atoms. The van der Waals surface area contributed by atoms with Gasteiger partial charge in [-0.05, 0) is 67.8 Å². The molecule has 3 aromatic rings. The summed E-state index contributed by atoms with van der Waals surface area (Å²) < 4.78 is 1.06. The van der Waals surface area contributed by atoms with Crippen molar-refractivity contribution in [3.8, 4) is 0 Å². The highest BCUT2D eigenvalue weighted by molar-refractivity contribution is 7.21. The minimum Gasteiger partial charge on any atom is -0.344 e. The average molecular weight is 451 g/mol. The van der Waals surface area contributed by atoms with Crippen molar-refractivity contribution in [1.29, 1.82) is 0 Å². The fourth-order valence-corrected chi connectivity index (χ4v) is 6.22. The molecule has 32 heavy (non-hydrogen) atoms. The Balaban J connectivity index is 1.43. The van der Waals surface area contributed by atoms with Crippen LogP contribution in [-0.4, -0.2) is 52.9 Å². The average Bonchev–Trinajstić information content (AvgIpc) is 3.47. The largest absolute Gasteiger partial charge is 0.344 e. The first-order valence-corrected chi connectivity index (χ1v) is 12.4. The Kier molecular flexibility index (Phi) is 6.06. The monoisotopic (exact) mass is 450 g/mol. The number of anilines is 2. The number of pyridine rings is 1. The van der Waals surface area contributed by atoms with Crippen LogP contribution < -0.4 is 10.6 Å². The van der Waals surface area contributed by atoms with Gasteiger partial charge in [0.25, 0.3) is 5.91 Å². The molecule has 0 bridgehead atoms. The van der Waals surface area contributed by atoms with E-state index in [1.807, 2.05) is 32.7 Å². The third kappa shape index (κ3) is 4.21. The highest BCUT2D eigenvalue weighted by Crippen LogP contribution is 2.44. The molecule has 5 rings (SSSR count). The molecule has 2 aliphatic rings. The van der Waals surface area contributed by atoms with Crippen LogP contribution in [0.25, 0.3) is 10.1 Å². The third-order valence-electron chi connectivity index (χ3n) is 6.70. The predicted octanol–water partition coefficient (Wildman–Crippen LogP) is 4.66. The van der Waals surface area contributed by atoms with Gasteiger partial charge in [0.15, 0.2) is 0 Å². The van der Waals surface area contributed by atoms with E-state index >= 15 is 0 Å². The van der Waals surface area contributed by atoms with Crippen molar-refractivity contribution in [2.45, 2.75) is 50.4 Å². The molecule has 0 unspecified atom stereocenters. The molecule has 8 heteroatoms. The van der Waals surface area contributed by atoms with Crippen molar-refractivity contribution in [2.24, 2.45) is 0 Å². The van der Waals surface area contributed by atoms with Gasteiger partial charge >= 0.3 is 0 Å². The van der Waals surface area contributed by atoms with Crippen molar-refractivity contribution in [3.05, 3.63) is 40.7 Å². The smallest absolute Gasteiger partial charge is 0.263 e. The van der Waals surface area contributed by atoms with Gasteiger partial charge in [-0.25, -0.2) is 15.0 Å². The Bertz CT molecular complexity index is 1100. The Labute approximate surface area is 192 Å². The number of aromatic nitrogens is 3. The van der Waals surface area contributed by atoms with Crippen LogP contribution >= 0.6 is 11.3 Å². The van der Waals surface area contributed by atoms with Gasteiger partial charge in [0.05, 0.1) is 9.58 Å². The summed E-state index contributed by atoms with van der Waals surface area (Å²) in [5.74, 6) is 2.33. The molecule has 1 aliphatic heterocycles. The van der Waals surface area contributed by atoms with Crippen molar-refractivity contribution < 1.29 is 4.79 Å². The molecule has 1 saturated heterocycles. The Morgan fingerprint density at radius 3 is 2.44 bits per heavy atom. The number of nitrogens with one attached hydrogen (secondary N) is 2. The second-order valence-corrected chi connectivity index (χ2v) is 10.1. The number of carbonyl (C=O) groups is 1. The number of carbonyl (C=O) groups excluding carboxylic acids is 1. The van der Waals surface area contributed by atoms with E-state index in [9.17, 15) is 4.79 Å². The maximum atomic E-state index is 12.9. The van der Waals surface area contributed by atoms with Gasteiger partial charge in [-0.2, -0.15) is 0 Å². The van der Waals surface area contributed by atoms with Crippen molar-refractivity contribution in [1.82, 2.24) is 25.2 Å². The second kappa shape index (κ2) is 9.11. The van der Waals surface area contributed by atoms with Gasteiger partial charge in [-0.3, -0.25) is 4.79 Å². The lowest BCUT2D eigenvalue weighted by atomic mass is 9.92. The topological polar surface area (TPSA) is 83.0 Å². The van der Waals surface area contributed by atoms with Gasteiger partial charge in [-0.1, -0.05) is 12.8 Å². The normalized spacial score (nSPS) is 17.7. The molecule has 0 atom stereocenters. The molecule has 0 aromatic carbocycles. The summed E-state index contributed by atoms with van der Waals surface area (Å²) in [4.78, 5) is 29.1. The number of thiophene rings is 1. The van der Waals surface area contributed by atoms with E-state index in [1.54, 1.807) is 16.2 Å². The molecule has 7 nitrogen and oxygen atoms in total. The van der Waals surface area contributed by atoms with Gasteiger partial charge in [0, 0.05) is 38.1 Å². The van der Waals surface area contributed by atoms with E-state index in [1.165, 1.54) is 24.0 Å². The number of piperidine rings is 1. The molecule has 3 aromatic heterocycles. The van der Waals surface area contributed by atoms with Crippen LogP contribution in [0.2, 0.25) is 0 Å². The van der Waals surface area contributed by atoms with Crippen molar-refractivity contribution in [3.63, 3.8) is 0 Å². The van der Waals surface area contributed by atoms with E-state index in [0.717, 1.165) is 53.7 Å². The van der Waals surface area contributed by atoms with Gasteiger partial charge < -0.3 is 15.5 Å². The summed E-state index contributed by atoms with van der Waals surface area (Å²) >= 11 is 1.56. The van der Waals surface area contributed by atoms with E-state index in [0.29, 0.717) is 23.6 Å². The minimum absolute atomic E-state index is 0.0828. The zero-order valence-electron chi connectivity index (χ0n) is 18.7. The lowest BCUT2D eigenvalue weighted by Gasteiger charge is -2.22. The Hall–Kier alpha value is -2.58. The third-order valence-corrected chi connectivity index (χ3v) is 7.84. The number of amides is 1. The standard InChI is InChI=1S/C24H30N6OS/c1-30(2)23(31)22-21(16-5-3-4-6-16)18-11-20(26-14-19(18)32-22)29-24-27-12-17(13-28-24)15-7-9-25-10-8-15/h11-16,25H,3-10H2,1-2H3,(H,26,27,28,29). The minimum atomic E-state index is 0.0828. The summed E-state index contributed by atoms with van der Waals surface area (Å²) in [5, 5.41) is 7.80. The molecule has 1 amide bonds. The van der Waals surface area contributed by atoms with E-state index < -0.39 is 0 Å². The summed E-state index contributed by atoms with van der Waals surface area (Å²) in [6.45, 7) is 2.10. The highest BCUT2D eigenvalue weighted by atomic mass is 32.1. The first-order chi connectivity index (χ1) is 15.6. The van der Waals surface area contributed by atoms with Crippen molar-refractivity contribution in [2.75, 3.05) is 32.5 Å². The van der Waals surface area contributed by atoms with Gasteiger partial charge in [-0.15, -0.1) is 11.3 Å². The lowest BCUT2D eigenvalue weighted by Crippen LogP contribution is -2.26. The quantitative estimate of drug-likeness (QED) is 0.588.